The number of halogens is 1. The molecular weight excluding hydrogens is 378 g/mol. The second kappa shape index (κ2) is 7.66. The van der Waals surface area contributed by atoms with E-state index in [9.17, 15) is 9.59 Å². The van der Waals surface area contributed by atoms with Gasteiger partial charge in [0.2, 0.25) is 5.91 Å². The molecule has 0 spiro atoms. The topological polar surface area (TPSA) is 74.4 Å². The van der Waals surface area contributed by atoms with Crippen molar-refractivity contribution in [3.63, 3.8) is 0 Å². The van der Waals surface area contributed by atoms with Crippen LogP contribution >= 0.6 is 11.6 Å². The highest BCUT2D eigenvalue weighted by Gasteiger charge is 2.23. The number of carbonyl (C=O) groups is 2. The van der Waals surface area contributed by atoms with E-state index in [0.717, 1.165) is 19.5 Å². The summed E-state index contributed by atoms with van der Waals surface area (Å²) in [5.41, 5.74) is 3.88. The Morgan fingerprint density at radius 3 is 2.79 bits per heavy atom. The number of hydrogen-bond donors (Lipinski definition) is 2. The first-order valence-electron chi connectivity index (χ1n) is 9.03. The second-order valence-electron chi connectivity index (χ2n) is 6.83. The van der Waals surface area contributed by atoms with E-state index < -0.39 is 5.97 Å². The molecule has 0 aliphatic carbocycles. The molecule has 7 heteroatoms. The number of hydrogen-bond acceptors (Lipinski definition) is 4. The van der Waals surface area contributed by atoms with Gasteiger partial charge in [-0.15, -0.1) is 0 Å². The molecule has 6 nitrogen and oxygen atoms in total. The number of benzene rings is 2. The number of esters is 1. The third kappa shape index (κ3) is 3.61. The Morgan fingerprint density at radius 2 is 2.00 bits per heavy atom. The van der Waals surface area contributed by atoms with Gasteiger partial charge in [-0.1, -0.05) is 35.9 Å². The summed E-state index contributed by atoms with van der Waals surface area (Å²) in [6.07, 6.45) is 0.916. The predicted octanol–water partition coefficient (Wildman–Crippen LogP) is 3.60. The Kier molecular flexibility index (Phi) is 5.07. The lowest BCUT2D eigenvalue weighted by Gasteiger charge is -2.28. The van der Waals surface area contributed by atoms with Gasteiger partial charge in [0.15, 0.2) is 0 Å². The first-order valence-corrected chi connectivity index (χ1v) is 9.41. The third-order valence-electron chi connectivity index (χ3n) is 4.99. The fourth-order valence-corrected chi connectivity index (χ4v) is 3.79. The molecule has 0 saturated carbocycles. The zero-order chi connectivity index (χ0) is 19.7. The molecule has 1 aliphatic rings. The average molecular weight is 398 g/mol. The second-order valence-corrected chi connectivity index (χ2v) is 7.27. The highest BCUT2D eigenvalue weighted by molar-refractivity contribution is 6.31. The molecule has 4 rings (SSSR count). The lowest BCUT2D eigenvalue weighted by molar-refractivity contribution is -0.117. The standard InChI is InChI=1S/C21H20ClN3O3/c1-28-21(27)20-19(16-10-15(22)6-7-17(16)23-20)24-18(26)12-25-9-8-13-4-2-3-5-14(13)11-25/h2-7,10,23H,8-9,11-12H2,1H3,(H,24,26). The maximum absolute atomic E-state index is 12.7. The van der Waals surface area contributed by atoms with Gasteiger partial charge in [-0.05, 0) is 35.7 Å². The zero-order valence-electron chi connectivity index (χ0n) is 15.4. The van der Waals surface area contributed by atoms with Crippen LogP contribution in [0, 0.1) is 0 Å². The van der Waals surface area contributed by atoms with Crippen molar-refractivity contribution < 1.29 is 14.3 Å². The fourth-order valence-electron chi connectivity index (χ4n) is 3.62. The van der Waals surface area contributed by atoms with Gasteiger partial charge in [0.25, 0.3) is 0 Å². The number of anilines is 1. The number of methoxy groups -OCH3 is 1. The van der Waals surface area contributed by atoms with Crippen LogP contribution in [0.2, 0.25) is 5.02 Å². The van der Waals surface area contributed by atoms with Gasteiger partial charge in [0.1, 0.15) is 5.69 Å². The first kappa shape index (κ1) is 18.5. The molecule has 0 unspecified atom stereocenters. The summed E-state index contributed by atoms with van der Waals surface area (Å²) >= 11 is 6.10. The van der Waals surface area contributed by atoms with Crippen LogP contribution in [0.15, 0.2) is 42.5 Å². The van der Waals surface area contributed by atoms with Crippen LogP contribution in [0.25, 0.3) is 10.9 Å². The van der Waals surface area contributed by atoms with Crippen LogP contribution in [0.4, 0.5) is 5.69 Å². The molecule has 0 bridgehead atoms. The minimum atomic E-state index is -0.547. The number of carbonyl (C=O) groups excluding carboxylic acids is 2. The van der Waals surface area contributed by atoms with Gasteiger partial charge in [-0.2, -0.15) is 0 Å². The summed E-state index contributed by atoms with van der Waals surface area (Å²) in [4.78, 5) is 30.0. The fraction of sp³-hybridized carbons (Fsp3) is 0.238. The van der Waals surface area contributed by atoms with Gasteiger partial charge in [-0.25, -0.2) is 4.79 Å². The number of ether oxygens (including phenoxy) is 1. The van der Waals surface area contributed by atoms with Gasteiger partial charge >= 0.3 is 5.97 Å². The van der Waals surface area contributed by atoms with Crippen molar-refractivity contribution in [1.82, 2.24) is 9.88 Å². The van der Waals surface area contributed by atoms with E-state index >= 15 is 0 Å². The predicted molar refractivity (Wildman–Crippen MR) is 109 cm³/mol. The molecule has 2 heterocycles. The van der Waals surface area contributed by atoms with E-state index in [2.05, 4.69) is 27.3 Å². The Bertz CT molecular complexity index is 1060. The summed E-state index contributed by atoms with van der Waals surface area (Å²) in [5, 5.41) is 4.07. The molecule has 1 aliphatic heterocycles. The van der Waals surface area contributed by atoms with Crippen LogP contribution < -0.4 is 5.32 Å². The van der Waals surface area contributed by atoms with Gasteiger partial charge in [-0.3, -0.25) is 9.69 Å². The summed E-state index contributed by atoms with van der Waals surface area (Å²) in [7, 11) is 1.30. The summed E-state index contributed by atoms with van der Waals surface area (Å²) in [6, 6.07) is 13.5. The molecule has 144 valence electrons. The Morgan fingerprint density at radius 1 is 1.21 bits per heavy atom. The molecule has 0 fully saturated rings. The number of amides is 1. The Labute approximate surface area is 167 Å². The number of aromatic nitrogens is 1. The van der Waals surface area contributed by atoms with Crippen molar-refractivity contribution >= 4 is 40.1 Å². The van der Waals surface area contributed by atoms with Crippen LogP contribution in [-0.4, -0.2) is 42.0 Å². The molecule has 0 saturated heterocycles. The molecule has 1 amide bonds. The summed E-state index contributed by atoms with van der Waals surface area (Å²) < 4.78 is 4.84. The molecule has 0 atom stereocenters. The van der Waals surface area contributed by atoms with Crippen molar-refractivity contribution in [3.8, 4) is 0 Å². The van der Waals surface area contributed by atoms with E-state index in [-0.39, 0.29) is 18.1 Å². The SMILES string of the molecule is COC(=O)c1[nH]c2ccc(Cl)cc2c1NC(=O)CN1CCc2ccccc2C1. The van der Waals surface area contributed by atoms with Crippen LogP contribution in [0.3, 0.4) is 0 Å². The number of aromatic amines is 1. The lowest BCUT2D eigenvalue weighted by atomic mass is 10.00. The first-order chi connectivity index (χ1) is 13.5. The minimum Gasteiger partial charge on any atom is -0.464 e. The van der Waals surface area contributed by atoms with Crippen molar-refractivity contribution in [1.29, 1.82) is 0 Å². The molecule has 2 aromatic carbocycles. The average Bonchev–Trinajstić information content (AvgIpc) is 3.04. The quantitative estimate of drug-likeness (QED) is 0.659. The molecule has 3 aromatic rings. The Hall–Kier alpha value is -2.83. The van der Waals surface area contributed by atoms with E-state index in [4.69, 9.17) is 16.3 Å². The number of nitrogens with one attached hydrogen (secondary N) is 2. The smallest absolute Gasteiger partial charge is 0.356 e. The minimum absolute atomic E-state index is 0.189. The number of rotatable bonds is 4. The molecule has 28 heavy (non-hydrogen) atoms. The molecular formula is C21H20ClN3O3. The molecule has 1 aromatic heterocycles. The maximum Gasteiger partial charge on any atom is 0.356 e. The molecule has 2 N–H and O–H groups in total. The third-order valence-corrected chi connectivity index (χ3v) is 5.23. The van der Waals surface area contributed by atoms with Crippen LogP contribution in [0.5, 0.6) is 0 Å². The van der Waals surface area contributed by atoms with Crippen molar-refractivity contribution in [3.05, 3.63) is 64.3 Å². The number of fused-ring (bicyclic) bond motifs is 2. The van der Waals surface area contributed by atoms with E-state index in [1.165, 1.54) is 18.2 Å². The van der Waals surface area contributed by atoms with Gasteiger partial charge < -0.3 is 15.0 Å². The largest absolute Gasteiger partial charge is 0.464 e. The van der Waals surface area contributed by atoms with E-state index in [1.54, 1.807) is 18.2 Å². The Balaban J connectivity index is 1.55. The molecule has 0 radical (unpaired) electrons. The summed E-state index contributed by atoms with van der Waals surface area (Å²) in [6.45, 7) is 1.78. The number of nitrogens with zero attached hydrogens (tertiary/aromatic N) is 1. The zero-order valence-corrected chi connectivity index (χ0v) is 16.2. The van der Waals surface area contributed by atoms with Gasteiger partial charge in [0, 0.05) is 29.0 Å². The van der Waals surface area contributed by atoms with Crippen molar-refractivity contribution in [2.45, 2.75) is 13.0 Å². The highest BCUT2D eigenvalue weighted by atomic mass is 35.5. The van der Waals surface area contributed by atoms with Crippen LogP contribution in [-0.2, 0) is 22.5 Å². The normalized spacial score (nSPS) is 13.9. The maximum atomic E-state index is 12.7. The van der Waals surface area contributed by atoms with E-state index in [1.807, 2.05) is 12.1 Å². The highest BCUT2D eigenvalue weighted by Crippen LogP contribution is 2.30. The summed E-state index contributed by atoms with van der Waals surface area (Å²) in [5.74, 6) is -0.736. The van der Waals surface area contributed by atoms with Gasteiger partial charge in [0.05, 0.1) is 19.3 Å². The van der Waals surface area contributed by atoms with Crippen LogP contribution in [0.1, 0.15) is 21.6 Å². The van der Waals surface area contributed by atoms with E-state index in [0.29, 0.717) is 21.6 Å². The lowest BCUT2D eigenvalue weighted by Crippen LogP contribution is -2.37. The van der Waals surface area contributed by atoms with Crippen molar-refractivity contribution in [2.24, 2.45) is 0 Å². The van der Waals surface area contributed by atoms with Crippen molar-refractivity contribution in [2.75, 3.05) is 25.5 Å². The number of H-pyrrole nitrogens is 1. The monoisotopic (exact) mass is 397 g/mol.